The highest BCUT2D eigenvalue weighted by atomic mass is 15.1. The molecular formula is C8H16N2. The van der Waals surface area contributed by atoms with Crippen molar-refractivity contribution in [1.29, 1.82) is 0 Å². The van der Waals surface area contributed by atoms with E-state index in [9.17, 15) is 0 Å². The Morgan fingerprint density at radius 3 is 2.00 bits per heavy atom. The van der Waals surface area contributed by atoms with Gasteiger partial charge in [-0.2, -0.15) is 5.10 Å². The van der Waals surface area contributed by atoms with Crippen LogP contribution in [0, 0.1) is 12.8 Å². The van der Waals surface area contributed by atoms with Crippen molar-refractivity contribution in [3.05, 3.63) is 18.0 Å². The fourth-order valence-electron chi connectivity index (χ4n) is 0.315. The van der Waals surface area contributed by atoms with Gasteiger partial charge in [0.15, 0.2) is 0 Å². The molecule has 1 rings (SSSR count). The fourth-order valence-corrected chi connectivity index (χ4v) is 0.315. The van der Waals surface area contributed by atoms with Crippen molar-refractivity contribution in [3.8, 4) is 0 Å². The first-order chi connectivity index (χ1) is 4.63. The first-order valence-electron chi connectivity index (χ1n) is 3.58. The number of hydrogen-bond donors (Lipinski definition) is 1. The molecule has 0 saturated carbocycles. The summed E-state index contributed by atoms with van der Waals surface area (Å²) < 4.78 is 0. The summed E-state index contributed by atoms with van der Waals surface area (Å²) in [6, 6.07) is 0. The summed E-state index contributed by atoms with van der Waals surface area (Å²) in [6.45, 7) is 8.49. The molecule has 1 heterocycles. The molecule has 0 spiro atoms. The Kier molecular flexibility index (Phi) is 4.63. The van der Waals surface area contributed by atoms with Crippen LogP contribution in [0.5, 0.6) is 0 Å². The molecule has 0 aliphatic carbocycles. The molecule has 0 fully saturated rings. The van der Waals surface area contributed by atoms with E-state index >= 15 is 0 Å². The SMILES string of the molecule is CC(C)C.Cc1cn[nH]c1. The first kappa shape index (κ1) is 9.21. The van der Waals surface area contributed by atoms with Crippen LogP contribution in [-0.4, -0.2) is 10.2 Å². The lowest BCUT2D eigenvalue weighted by Gasteiger charge is -1.79. The quantitative estimate of drug-likeness (QED) is 0.589. The van der Waals surface area contributed by atoms with Gasteiger partial charge in [0.05, 0.1) is 6.20 Å². The molecule has 0 bridgehead atoms. The average Bonchev–Trinajstić information content (AvgIpc) is 2.15. The van der Waals surface area contributed by atoms with E-state index in [1.54, 1.807) is 6.20 Å². The van der Waals surface area contributed by atoms with Crippen LogP contribution in [-0.2, 0) is 0 Å². The number of aryl methyl sites for hydroxylation is 1. The lowest BCUT2D eigenvalue weighted by atomic mass is 10.3. The number of H-pyrrole nitrogens is 1. The molecular weight excluding hydrogens is 124 g/mol. The molecule has 0 saturated heterocycles. The molecule has 0 aliphatic heterocycles. The maximum absolute atomic E-state index is 3.70. The van der Waals surface area contributed by atoms with Gasteiger partial charge in [-0.15, -0.1) is 0 Å². The van der Waals surface area contributed by atoms with E-state index in [0.29, 0.717) is 0 Å². The Morgan fingerprint density at radius 1 is 1.40 bits per heavy atom. The van der Waals surface area contributed by atoms with Crippen LogP contribution < -0.4 is 0 Å². The van der Waals surface area contributed by atoms with Gasteiger partial charge in [0.1, 0.15) is 0 Å². The van der Waals surface area contributed by atoms with Crippen molar-refractivity contribution in [3.63, 3.8) is 0 Å². The average molecular weight is 140 g/mol. The third-order valence-electron chi connectivity index (χ3n) is 0.635. The molecule has 1 N–H and O–H groups in total. The molecule has 2 heteroatoms. The van der Waals surface area contributed by atoms with Crippen LogP contribution in [0.4, 0.5) is 0 Å². The number of aromatic nitrogens is 2. The predicted molar refractivity (Wildman–Crippen MR) is 43.8 cm³/mol. The van der Waals surface area contributed by atoms with E-state index in [1.165, 1.54) is 5.56 Å². The molecule has 2 nitrogen and oxygen atoms in total. The van der Waals surface area contributed by atoms with Gasteiger partial charge in [-0.3, -0.25) is 5.10 Å². The predicted octanol–water partition coefficient (Wildman–Crippen LogP) is 2.38. The highest BCUT2D eigenvalue weighted by Gasteiger charge is 1.74. The van der Waals surface area contributed by atoms with Gasteiger partial charge >= 0.3 is 0 Å². The third kappa shape index (κ3) is 7.21. The zero-order valence-corrected chi connectivity index (χ0v) is 7.18. The minimum Gasteiger partial charge on any atom is -0.285 e. The van der Waals surface area contributed by atoms with Crippen LogP contribution in [0.25, 0.3) is 0 Å². The van der Waals surface area contributed by atoms with E-state index in [0.717, 1.165) is 5.92 Å². The normalized spacial score (nSPS) is 8.90. The van der Waals surface area contributed by atoms with E-state index in [1.807, 2.05) is 13.1 Å². The van der Waals surface area contributed by atoms with Gasteiger partial charge in [0.25, 0.3) is 0 Å². The summed E-state index contributed by atoms with van der Waals surface area (Å²) in [5.74, 6) is 0.833. The smallest absolute Gasteiger partial charge is 0.0516 e. The summed E-state index contributed by atoms with van der Waals surface area (Å²) >= 11 is 0. The van der Waals surface area contributed by atoms with Gasteiger partial charge < -0.3 is 0 Å². The van der Waals surface area contributed by atoms with E-state index < -0.39 is 0 Å². The van der Waals surface area contributed by atoms with Gasteiger partial charge in [-0.05, 0) is 18.4 Å². The van der Waals surface area contributed by atoms with Crippen LogP contribution in [0.2, 0.25) is 0 Å². The fraction of sp³-hybridized carbons (Fsp3) is 0.625. The maximum atomic E-state index is 3.70. The van der Waals surface area contributed by atoms with Crippen LogP contribution in [0.15, 0.2) is 12.4 Å². The van der Waals surface area contributed by atoms with Crippen molar-refractivity contribution in [2.24, 2.45) is 5.92 Å². The number of nitrogens with zero attached hydrogens (tertiary/aromatic N) is 1. The molecule has 58 valence electrons. The zero-order chi connectivity index (χ0) is 7.98. The number of hydrogen-bond acceptors (Lipinski definition) is 1. The summed E-state index contributed by atoms with van der Waals surface area (Å²) in [4.78, 5) is 0. The third-order valence-corrected chi connectivity index (χ3v) is 0.635. The molecule has 0 aliphatic rings. The Labute approximate surface area is 62.7 Å². The first-order valence-corrected chi connectivity index (χ1v) is 3.58. The van der Waals surface area contributed by atoms with Crippen LogP contribution >= 0.6 is 0 Å². The Morgan fingerprint density at radius 2 is 1.90 bits per heavy atom. The second-order valence-corrected chi connectivity index (χ2v) is 3.01. The summed E-state index contributed by atoms with van der Waals surface area (Å²) in [6.07, 6.45) is 3.62. The summed E-state index contributed by atoms with van der Waals surface area (Å²) in [5, 5.41) is 6.38. The zero-order valence-electron chi connectivity index (χ0n) is 7.18. The molecule has 0 radical (unpaired) electrons. The van der Waals surface area contributed by atoms with Gasteiger partial charge in [-0.1, -0.05) is 20.8 Å². The van der Waals surface area contributed by atoms with Crippen molar-refractivity contribution in [1.82, 2.24) is 10.2 Å². The molecule has 1 aromatic heterocycles. The highest BCUT2D eigenvalue weighted by molar-refractivity contribution is 4.96. The van der Waals surface area contributed by atoms with E-state index in [4.69, 9.17) is 0 Å². The second-order valence-electron chi connectivity index (χ2n) is 3.01. The minimum atomic E-state index is 0.833. The molecule has 0 atom stereocenters. The molecule has 0 unspecified atom stereocenters. The lowest BCUT2D eigenvalue weighted by Crippen LogP contribution is -1.66. The standard InChI is InChI=1S/C4H6N2.C4H10/c1-4-2-5-6-3-4;1-4(2)3/h2-3H,1H3,(H,5,6);4H,1-3H3. The number of nitrogens with one attached hydrogen (secondary N) is 1. The van der Waals surface area contributed by atoms with Crippen molar-refractivity contribution >= 4 is 0 Å². The summed E-state index contributed by atoms with van der Waals surface area (Å²) in [7, 11) is 0. The molecule has 10 heavy (non-hydrogen) atoms. The number of aromatic amines is 1. The van der Waals surface area contributed by atoms with Crippen molar-refractivity contribution < 1.29 is 0 Å². The molecule has 1 aromatic rings. The van der Waals surface area contributed by atoms with Gasteiger partial charge in [-0.25, -0.2) is 0 Å². The molecule has 0 aromatic carbocycles. The Balaban J connectivity index is 0.000000180. The highest BCUT2D eigenvalue weighted by Crippen LogP contribution is 1.84. The maximum Gasteiger partial charge on any atom is 0.0516 e. The van der Waals surface area contributed by atoms with Crippen LogP contribution in [0.1, 0.15) is 26.3 Å². The van der Waals surface area contributed by atoms with E-state index in [-0.39, 0.29) is 0 Å². The Hall–Kier alpha value is -0.790. The summed E-state index contributed by atoms with van der Waals surface area (Å²) in [5.41, 5.74) is 1.18. The lowest BCUT2D eigenvalue weighted by molar-refractivity contribution is 0.737. The topological polar surface area (TPSA) is 28.7 Å². The Bertz CT molecular complexity index is 140. The van der Waals surface area contributed by atoms with Crippen LogP contribution in [0.3, 0.4) is 0 Å². The van der Waals surface area contributed by atoms with Gasteiger partial charge in [0.2, 0.25) is 0 Å². The minimum absolute atomic E-state index is 0.833. The van der Waals surface area contributed by atoms with Crippen molar-refractivity contribution in [2.45, 2.75) is 27.7 Å². The second kappa shape index (κ2) is 5.03. The molecule has 0 amide bonds. The van der Waals surface area contributed by atoms with Gasteiger partial charge in [0, 0.05) is 6.20 Å². The number of rotatable bonds is 0. The largest absolute Gasteiger partial charge is 0.285 e. The monoisotopic (exact) mass is 140 g/mol. The van der Waals surface area contributed by atoms with Crippen molar-refractivity contribution in [2.75, 3.05) is 0 Å². The van der Waals surface area contributed by atoms with E-state index in [2.05, 4.69) is 31.0 Å².